The van der Waals surface area contributed by atoms with Crippen LogP contribution in [0.5, 0.6) is 0 Å². The third-order valence-electron chi connectivity index (χ3n) is 2.90. The number of urea groups is 1. The van der Waals surface area contributed by atoms with E-state index in [1.54, 1.807) is 4.90 Å². The monoisotopic (exact) mass is 241 g/mol. The number of amides is 3. The van der Waals surface area contributed by atoms with E-state index in [0.29, 0.717) is 32.7 Å². The second-order valence-electron chi connectivity index (χ2n) is 4.70. The van der Waals surface area contributed by atoms with E-state index < -0.39 is 0 Å². The number of rotatable bonds is 3. The largest absolute Gasteiger partial charge is 0.339 e. The maximum Gasteiger partial charge on any atom is 0.317 e. The number of carbonyl (C=O) groups excluding carboxylic acids is 2. The van der Waals surface area contributed by atoms with Crippen molar-refractivity contribution in [3.63, 3.8) is 0 Å². The Labute approximate surface area is 103 Å². The summed E-state index contributed by atoms with van der Waals surface area (Å²) in [5.41, 5.74) is 0. The first kappa shape index (κ1) is 13.8. The summed E-state index contributed by atoms with van der Waals surface area (Å²) in [5.74, 6) is 0.217. The van der Waals surface area contributed by atoms with Crippen molar-refractivity contribution < 1.29 is 9.59 Å². The molecule has 0 aliphatic carbocycles. The quantitative estimate of drug-likeness (QED) is 0.798. The van der Waals surface area contributed by atoms with E-state index in [1.165, 1.54) is 0 Å². The molecule has 0 atom stereocenters. The number of carbonyl (C=O) groups is 2. The number of hydrogen-bond donors (Lipinski definition) is 1. The maximum absolute atomic E-state index is 11.8. The number of nitrogens with zero attached hydrogens (tertiary/aromatic N) is 2. The van der Waals surface area contributed by atoms with Crippen LogP contribution in [0.3, 0.4) is 0 Å². The molecule has 0 bridgehead atoms. The molecule has 0 spiro atoms. The molecular formula is C12H23N3O2. The zero-order valence-corrected chi connectivity index (χ0v) is 11.0. The van der Waals surface area contributed by atoms with E-state index in [2.05, 4.69) is 5.32 Å². The molecule has 0 aromatic heterocycles. The third kappa shape index (κ3) is 3.91. The van der Waals surface area contributed by atoms with E-state index in [0.717, 1.165) is 6.42 Å². The topological polar surface area (TPSA) is 52.7 Å². The standard InChI is InChI=1S/C12H23N3O2/c1-4-5-13-12(17)15-8-6-14(7-9-15)11(16)10(2)3/h10H,4-9H2,1-3H3,(H,13,17). The first-order valence-electron chi connectivity index (χ1n) is 6.37. The molecule has 1 fully saturated rings. The second kappa shape index (κ2) is 6.47. The van der Waals surface area contributed by atoms with Crippen molar-refractivity contribution in [2.45, 2.75) is 27.2 Å². The van der Waals surface area contributed by atoms with Gasteiger partial charge in [-0.3, -0.25) is 4.79 Å². The van der Waals surface area contributed by atoms with Gasteiger partial charge < -0.3 is 15.1 Å². The summed E-state index contributed by atoms with van der Waals surface area (Å²) in [6.07, 6.45) is 0.942. The zero-order valence-electron chi connectivity index (χ0n) is 11.0. The first-order valence-corrected chi connectivity index (χ1v) is 6.37. The molecule has 0 unspecified atom stereocenters. The molecule has 1 aliphatic heterocycles. The Morgan fingerprint density at radius 2 is 1.65 bits per heavy atom. The molecule has 1 N–H and O–H groups in total. The summed E-state index contributed by atoms with van der Waals surface area (Å²) in [6.45, 7) is 9.12. The second-order valence-corrected chi connectivity index (χ2v) is 4.70. The molecule has 0 saturated carbocycles. The van der Waals surface area contributed by atoms with Crippen LogP contribution in [0.15, 0.2) is 0 Å². The fourth-order valence-electron chi connectivity index (χ4n) is 1.84. The maximum atomic E-state index is 11.8. The molecule has 0 radical (unpaired) electrons. The van der Waals surface area contributed by atoms with Crippen molar-refractivity contribution in [3.8, 4) is 0 Å². The lowest BCUT2D eigenvalue weighted by Gasteiger charge is -2.35. The highest BCUT2D eigenvalue weighted by Crippen LogP contribution is 2.07. The van der Waals surface area contributed by atoms with Crippen LogP contribution >= 0.6 is 0 Å². The minimum absolute atomic E-state index is 0.0107. The molecule has 1 aliphatic rings. The molecule has 98 valence electrons. The lowest BCUT2D eigenvalue weighted by molar-refractivity contribution is -0.135. The Hall–Kier alpha value is -1.26. The minimum Gasteiger partial charge on any atom is -0.339 e. The summed E-state index contributed by atoms with van der Waals surface area (Å²) in [4.78, 5) is 27.1. The third-order valence-corrected chi connectivity index (χ3v) is 2.90. The van der Waals surface area contributed by atoms with Gasteiger partial charge in [-0.2, -0.15) is 0 Å². The average Bonchev–Trinajstić information content (AvgIpc) is 2.35. The summed E-state index contributed by atoms with van der Waals surface area (Å²) in [7, 11) is 0. The van der Waals surface area contributed by atoms with Gasteiger partial charge in [-0.1, -0.05) is 20.8 Å². The molecule has 0 aromatic rings. The Kier molecular flexibility index (Phi) is 5.25. The number of nitrogens with one attached hydrogen (secondary N) is 1. The van der Waals surface area contributed by atoms with Gasteiger partial charge in [0.05, 0.1) is 0 Å². The minimum atomic E-state index is -0.0107. The molecular weight excluding hydrogens is 218 g/mol. The Morgan fingerprint density at radius 3 is 2.12 bits per heavy atom. The summed E-state index contributed by atoms with van der Waals surface area (Å²) in [5, 5.41) is 2.85. The van der Waals surface area contributed by atoms with Gasteiger partial charge >= 0.3 is 6.03 Å². The average molecular weight is 241 g/mol. The SMILES string of the molecule is CCCNC(=O)N1CCN(C(=O)C(C)C)CC1. The van der Waals surface area contributed by atoms with Crippen LogP contribution in [-0.4, -0.2) is 54.5 Å². The van der Waals surface area contributed by atoms with E-state index in [9.17, 15) is 9.59 Å². The van der Waals surface area contributed by atoms with Crippen LogP contribution in [0.4, 0.5) is 4.79 Å². The molecule has 17 heavy (non-hydrogen) atoms. The van der Waals surface area contributed by atoms with Gasteiger partial charge in [-0.05, 0) is 6.42 Å². The zero-order chi connectivity index (χ0) is 12.8. The summed E-state index contributed by atoms with van der Waals surface area (Å²) in [6, 6.07) is -0.0107. The van der Waals surface area contributed by atoms with Gasteiger partial charge in [0.1, 0.15) is 0 Å². The predicted octanol–water partition coefficient (Wildman–Crippen LogP) is 0.906. The Bertz CT molecular complexity index is 271. The fraction of sp³-hybridized carbons (Fsp3) is 0.833. The molecule has 1 saturated heterocycles. The predicted molar refractivity (Wildman–Crippen MR) is 66.7 cm³/mol. The van der Waals surface area contributed by atoms with Gasteiger partial charge in [-0.15, -0.1) is 0 Å². The van der Waals surface area contributed by atoms with E-state index in [1.807, 2.05) is 25.7 Å². The van der Waals surface area contributed by atoms with Gasteiger partial charge in [0, 0.05) is 38.6 Å². The van der Waals surface area contributed by atoms with Crippen molar-refractivity contribution in [1.29, 1.82) is 0 Å². The van der Waals surface area contributed by atoms with Gasteiger partial charge in [0.15, 0.2) is 0 Å². The first-order chi connectivity index (χ1) is 8.06. The van der Waals surface area contributed by atoms with E-state index in [-0.39, 0.29) is 17.9 Å². The highest BCUT2D eigenvalue weighted by atomic mass is 16.2. The van der Waals surface area contributed by atoms with Crippen molar-refractivity contribution >= 4 is 11.9 Å². The van der Waals surface area contributed by atoms with E-state index >= 15 is 0 Å². The van der Waals surface area contributed by atoms with Crippen molar-refractivity contribution in [2.75, 3.05) is 32.7 Å². The van der Waals surface area contributed by atoms with Crippen molar-refractivity contribution in [2.24, 2.45) is 5.92 Å². The Balaban J connectivity index is 2.35. The molecule has 3 amide bonds. The highest BCUT2D eigenvalue weighted by molar-refractivity contribution is 5.79. The Morgan fingerprint density at radius 1 is 1.12 bits per heavy atom. The lowest BCUT2D eigenvalue weighted by Crippen LogP contribution is -2.53. The molecule has 1 rings (SSSR count). The normalized spacial score (nSPS) is 16.2. The van der Waals surface area contributed by atoms with Crippen LogP contribution < -0.4 is 5.32 Å². The van der Waals surface area contributed by atoms with Crippen molar-refractivity contribution in [3.05, 3.63) is 0 Å². The van der Waals surface area contributed by atoms with Crippen molar-refractivity contribution in [1.82, 2.24) is 15.1 Å². The number of piperazine rings is 1. The molecule has 0 aromatic carbocycles. The number of hydrogen-bond acceptors (Lipinski definition) is 2. The van der Waals surface area contributed by atoms with Crippen LogP contribution in [0.2, 0.25) is 0 Å². The highest BCUT2D eigenvalue weighted by Gasteiger charge is 2.24. The van der Waals surface area contributed by atoms with Crippen LogP contribution in [-0.2, 0) is 4.79 Å². The fourth-order valence-corrected chi connectivity index (χ4v) is 1.84. The molecule has 5 nitrogen and oxygen atoms in total. The van der Waals surface area contributed by atoms with Crippen LogP contribution in [0, 0.1) is 5.92 Å². The molecule has 5 heteroatoms. The van der Waals surface area contributed by atoms with Gasteiger partial charge in [-0.25, -0.2) is 4.79 Å². The summed E-state index contributed by atoms with van der Waals surface area (Å²) < 4.78 is 0. The van der Waals surface area contributed by atoms with Gasteiger partial charge in [0.25, 0.3) is 0 Å². The molecule has 1 heterocycles. The lowest BCUT2D eigenvalue weighted by atomic mass is 10.1. The van der Waals surface area contributed by atoms with Crippen LogP contribution in [0.25, 0.3) is 0 Å². The smallest absolute Gasteiger partial charge is 0.317 e. The van der Waals surface area contributed by atoms with E-state index in [4.69, 9.17) is 0 Å². The summed E-state index contributed by atoms with van der Waals surface area (Å²) >= 11 is 0. The van der Waals surface area contributed by atoms with Gasteiger partial charge in [0.2, 0.25) is 5.91 Å². The van der Waals surface area contributed by atoms with Crippen LogP contribution in [0.1, 0.15) is 27.2 Å².